The molecule has 6 nitrogen and oxygen atoms in total. The van der Waals surface area contributed by atoms with E-state index >= 15 is 0 Å². The number of fused-ring (bicyclic) bond motifs is 1. The molecular formula is C19H22N2O4. The zero-order valence-corrected chi connectivity index (χ0v) is 14.4. The van der Waals surface area contributed by atoms with Gasteiger partial charge in [-0.2, -0.15) is 0 Å². The summed E-state index contributed by atoms with van der Waals surface area (Å²) < 4.78 is 5.08. The molecule has 0 aliphatic heterocycles. The number of carbonyl (C=O) groups is 3. The molecule has 0 spiro atoms. The van der Waals surface area contributed by atoms with Crippen molar-refractivity contribution in [1.29, 1.82) is 0 Å². The molecule has 0 aliphatic rings. The molecule has 132 valence electrons. The Morgan fingerprint density at radius 2 is 1.80 bits per heavy atom. The van der Waals surface area contributed by atoms with Crippen LogP contribution >= 0.6 is 0 Å². The van der Waals surface area contributed by atoms with Gasteiger partial charge in [0.05, 0.1) is 5.56 Å². The number of rotatable bonds is 7. The predicted molar refractivity (Wildman–Crippen MR) is 95.1 cm³/mol. The minimum Gasteiger partial charge on any atom is -0.452 e. The van der Waals surface area contributed by atoms with Crippen molar-refractivity contribution in [2.45, 2.75) is 26.3 Å². The van der Waals surface area contributed by atoms with Gasteiger partial charge in [-0.05, 0) is 30.2 Å². The molecule has 25 heavy (non-hydrogen) atoms. The highest BCUT2D eigenvalue weighted by Crippen LogP contribution is 2.19. The molecule has 2 amide bonds. The second kappa shape index (κ2) is 8.82. The minimum absolute atomic E-state index is 0.268. The van der Waals surface area contributed by atoms with E-state index in [1.807, 2.05) is 37.3 Å². The highest BCUT2D eigenvalue weighted by Gasteiger charge is 2.17. The van der Waals surface area contributed by atoms with Gasteiger partial charge in [-0.25, -0.2) is 4.79 Å². The quantitative estimate of drug-likeness (QED) is 0.754. The van der Waals surface area contributed by atoms with Crippen LogP contribution in [-0.2, 0) is 14.3 Å². The van der Waals surface area contributed by atoms with Gasteiger partial charge >= 0.3 is 5.97 Å². The number of ether oxygens (including phenoxy) is 1. The number of nitrogens with one attached hydrogen (secondary N) is 2. The first-order chi connectivity index (χ1) is 12.0. The van der Waals surface area contributed by atoms with E-state index in [1.165, 1.54) is 0 Å². The summed E-state index contributed by atoms with van der Waals surface area (Å²) in [6.07, 6.45) is 0.815. The van der Waals surface area contributed by atoms with Gasteiger partial charge in [-0.1, -0.05) is 43.3 Å². The maximum absolute atomic E-state index is 12.2. The molecule has 0 fully saturated rings. The highest BCUT2D eigenvalue weighted by atomic mass is 16.5. The lowest BCUT2D eigenvalue weighted by atomic mass is 10.1. The molecule has 0 bridgehead atoms. The first-order valence-electron chi connectivity index (χ1n) is 8.25. The summed E-state index contributed by atoms with van der Waals surface area (Å²) in [6, 6.07) is 12.1. The van der Waals surface area contributed by atoms with E-state index in [0.29, 0.717) is 12.1 Å². The fourth-order valence-electron chi connectivity index (χ4n) is 2.36. The molecule has 0 saturated heterocycles. The molecule has 0 unspecified atom stereocenters. The first kappa shape index (κ1) is 18.4. The average Bonchev–Trinajstić information content (AvgIpc) is 2.63. The van der Waals surface area contributed by atoms with Crippen molar-refractivity contribution in [3.05, 3.63) is 48.0 Å². The molecule has 2 aromatic carbocycles. The van der Waals surface area contributed by atoms with Crippen LogP contribution in [-0.4, -0.2) is 37.0 Å². The van der Waals surface area contributed by atoms with Gasteiger partial charge in [0.25, 0.3) is 5.91 Å². The SMILES string of the molecule is CCCNC(=O)[C@@H](C)NC(=O)COC(=O)c1cccc2ccccc12. The summed E-state index contributed by atoms with van der Waals surface area (Å²) in [4.78, 5) is 35.8. The standard InChI is InChI=1S/C19H22N2O4/c1-3-11-20-18(23)13(2)21-17(22)12-25-19(24)16-10-6-8-14-7-4-5-9-15(14)16/h4-10,13H,3,11-12H2,1-2H3,(H,20,23)(H,21,22)/t13-/m1/s1. The summed E-state index contributed by atoms with van der Waals surface area (Å²) in [5.41, 5.74) is 0.402. The van der Waals surface area contributed by atoms with Crippen LogP contribution in [0.4, 0.5) is 0 Å². The fraction of sp³-hybridized carbons (Fsp3) is 0.316. The van der Waals surface area contributed by atoms with Crippen LogP contribution in [0.1, 0.15) is 30.6 Å². The molecule has 1 atom stereocenters. The fourth-order valence-corrected chi connectivity index (χ4v) is 2.36. The molecule has 0 aliphatic carbocycles. The third-order valence-corrected chi connectivity index (χ3v) is 3.66. The Bertz CT molecular complexity index is 768. The van der Waals surface area contributed by atoms with E-state index in [1.54, 1.807) is 19.1 Å². The maximum Gasteiger partial charge on any atom is 0.339 e. The number of esters is 1. The highest BCUT2D eigenvalue weighted by molar-refractivity contribution is 6.05. The third kappa shape index (κ3) is 5.04. The summed E-state index contributed by atoms with van der Waals surface area (Å²) >= 11 is 0. The summed E-state index contributed by atoms with van der Waals surface area (Å²) in [5, 5.41) is 6.88. The average molecular weight is 342 g/mol. The molecule has 0 aromatic heterocycles. The molecule has 2 aromatic rings. The topological polar surface area (TPSA) is 84.5 Å². The van der Waals surface area contributed by atoms with Crippen LogP contribution in [0.3, 0.4) is 0 Å². The Morgan fingerprint density at radius 3 is 2.56 bits per heavy atom. The van der Waals surface area contributed by atoms with E-state index < -0.39 is 24.5 Å². The van der Waals surface area contributed by atoms with E-state index in [9.17, 15) is 14.4 Å². The largest absolute Gasteiger partial charge is 0.452 e. The molecule has 2 rings (SSSR count). The van der Waals surface area contributed by atoms with Crippen LogP contribution in [0.5, 0.6) is 0 Å². The number of amides is 2. The predicted octanol–water partition coefficient (Wildman–Crippen LogP) is 2.03. The lowest BCUT2D eigenvalue weighted by molar-refractivity contribution is -0.130. The van der Waals surface area contributed by atoms with Crippen LogP contribution in [0, 0.1) is 0 Å². The molecule has 0 heterocycles. The number of benzene rings is 2. The van der Waals surface area contributed by atoms with Crippen molar-refractivity contribution < 1.29 is 19.1 Å². The van der Waals surface area contributed by atoms with Crippen molar-refractivity contribution in [2.24, 2.45) is 0 Å². The number of carbonyl (C=O) groups excluding carboxylic acids is 3. The van der Waals surface area contributed by atoms with Crippen LogP contribution in [0.2, 0.25) is 0 Å². The van der Waals surface area contributed by atoms with Crippen molar-refractivity contribution in [2.75, 3.05) is 13.2 Å². The lowest BCUT2D eigenvalue weighted by Gasteiger charge is -2.14. The van der Waals surface area contributed by atoms with Gasteiger partial charge in [-0.15, -0.1) is 0 Å². The molecule has 0 radical (unpaired) electrons. The molecular weight excluding hydrogens is 320 g/mol. The van der Waals surface area contributed by atoms with Crippen molar-refractivity contribution in [3.63, 3.8) is 0 Å². The third-order valence-electron chi connectivity index (χ3n) is 3.66. The second-order valence-electron chi connectivity index (χ2n) is 5.68. The van der Waals surface area contributed by atoms with Crippen molar-refractivity contribution in [1.82, 2.24) is 10.6 Å². The normalized spacial score (nSPS) is 11.6. The smallest absolute Gasteiger partial charge is 0.339 e. The van der Waals surface area contributed by atoms with Gasteiger partial charge < -0.3 is 15.4 Å². The minimum atomic E-state index is -0.685. The van der Waals surface area contributed by atoms with Crippen LogP contribution < -0.4 is 10.6 Å². The Balaban J connectivity index is 1.91. The Kier molecular flexibility index (Phi) is 6.51. The molecule has 2 N–H and O–H groups in total. The van der Waals surface area contributed by atoms with Gasteiger partial charge in [0, 0.05) is 6.54 Å². The van der Waals surface area contributed by atoms with Gasteiger partial charge in [-0.3, -0.25) is 9.59 Å². The maximum atomic E-state index is 12.2. The molecule has 0 saturated carbocycles. The lowest BCUT2D eigenvalue weighted by Crippen LogP contribution is -2.46. The summed E-state index contributed by atoms with van der Waals surface area (Å²) in [7, 11) is 0. The zero-order valence-electron chi connectivity index (χ0n) is 14.4. The van der Waals surface area contributed by atoms with Crippen LogP contribution in [0.25, 0.3) is 10.8 Å². The zero-order chi connectivity index (χ0) is 18.2. The Morgan fingerprint density at radius 1 is 1.08 bits per heavy atom. The van der Waals surface area contributed by atoms with E-state index in [-0.39, 0.29) is 5.91 Å². The van der Waals surface area contributed by atoms with Crippen molar-refractivity contribution in [3.8, 4) is 0 Å². The van der Waals surface area contributed by atoms with Gasteiger partial charge in [0.15, 0.2) is 6.61 Å². The van der Waals surface area contributed by atoms with E-state index in [4.69, 9.17) is 4.74 Å². The van der Waals surface area contributed by atoms with Gasteiger partial charge in [0.2, 0.25) is 5.91 Å². The molecule has 6 heteroatoms. The first-order valence-corrected chi connectivity index (χ1v) is 8.25. The van der Waals surface area contributed by atoms with Gasteiger partial charge in [0.1, 0.15) is 6.04 Å². The number of hydrogen-bond acceptors (Lipinski definition) is 4. The summed E-state index contributed by atoms with van der Waals surface area (Å²) in [5.74, 6) is -1.36. The Labute approximate surface area is 146 Å². The van der Waals surface area contributed by atoms with Crippen LogP contribution in [0.15, 0.2) is 42.5 Å². The number of hydrogen-bond donors (Lipinski definition) is 2. The summed E-state index contributed by atoms with van der Waals surface area (Å²) in [6.45, 7) is 3.63. The second-order valence-corrected chi connectivity index (χ2v) is 5.68. The van der Waals surface area contributed by atoms with E-state index in [2.05, 4.69) is 10.6 Å². The van der Waals surface area contributed by atoms with Crippen molar-refractivity contribution >= 4 is 28.6 Å². The Hall–Kier alpha value is -2.89. The monoisotopic (exact) mass is 342 g/mol. The van der Waals surface area contributed by atoms with E-state index in [0.717, 1.165) is 17.2 Å².